The zero-order valence-electron chi connectivity index (χ0n) is 10.5. The van der Waals surface area contributed by atoms with Crippen LogP contribution in [0.15, 0.2) is 22.7 Å². The van der Waals surface area contributed by atoms with Crippen molar-refractivity contribution in [3.05, 3.63) is 35.5 Å². The largest absolute Gasteiger partial charge is 0.381 e. The smallest absolute Gasteiger partial charge is 0.230 e. The number of hydrogen-bond donors (Lipinski definition) is 1. The van der Waals surface area contributed by atoms with Crippen LogP contribution < -0.4 is 5.73 Å². The summed E-state index contributed by atoms with van der Waals surface area (Å²) in [5, 5.41) is 3.80. The molecule has 0 aliphatic rings. The summed E-state index contributed by atoms with van der Waals surface area (Å²) in [6.45, 7) is 2.89. The lowest BCUT2D eigenvalue weighted by atomic mass is 10.0. The Morgan fingerprint density at radius 1 is 1.26 bits per heavy atom. The van der Waals surface area contributed by atoms with E-state index < -0.39 is 11.6 Å². The van der Waals surface area contributed by atoms with E-state index in [0.717, 1.165) is 6.07 Å². The molecule has 0 saturated heterocycles. The van der Waals surface area contributed by atoms with Crippen molar-refractivity contribution in [3.63, 3.8) is 0 Å². The molecule has 0 unspecified atom stereocenters. The highest BCUT2D eigenvalue weighted by Gasteiger charge is 2.17. The van der Waals surface area contributed by atoms with Crippen LogP contribution in [0.5, 0.6) is 0 Å². The first-order valence-electron chi connectivity index (χ1n) is 5.90. The summed E-state index contributed by atoms with van der Waals surface area (Å²) in [6, 6.07) is 3.18. The number of rotatable bonds is 5. The Morgan fingerprint density at radius 2 is 1.95 bits per heavy atom. The van der Waals surface area contributed by atoms with Crippen molar-refractivity contribution in [3.8, 4) is 11.1 Å². The lowest BCUT2D eigenvalue weighted by molar-refractivity contribution is 0.149. The fraction of sp³-hybridized carbons (Fsp3) is 0.308. The zero-order chi connectivity index (χ0) is 13.8. The summed E-state index contributed by atoms with van der Waals surface area (Å²) < 4.78 is 36.6. The summed E-state index contributed by atoms with van der Waals surface area (Å²) >= 11 is 0. The van der Waals surface area contributed by atoms with Gasteiger partial charge in [-0.15, -0.1) is 0 Å². The molecule has 2 aromatic rings. The number of nitrogens with two attached hydrogens (primary N) is 1. The molecule has 0 aliphatic heterocycles. The van der Waals surface area contributed by atoms with Gasteiger partial charge in [0.2, 0.25) is 5.88 Å². The Balaban J connectivity index is 2.34. The second kappa shape index (κ2) is 5.79. The highest BCUT2D eigenvalue weighted by atomic mass is 19.1. The molecule has 1 heterocycles. The summed E-state index contributed by atoms with van der Waals surface area (Å²) in [6.07, 6.45) is 0.460. The number of anilines is 1. The second-order valence-corrected chi connectivity index (χ2v) is 3.97. The first-order chi connectivity index (χ1) is 9.11. The molecule has 102 valence electrons. The van der Waals surface area contributed by atoms with Crippen LogP contribution in [0.4, 0.5) is 14.7 Å². The highest BCUT2D eigenvalue weighted by molar-refractivity contribution is 5.75. The minimum absolute atomic E-state index is 0.0384. The average Bonchev–Trinajstić information content (AvgIpc) is 2.70. The molecule has 0 aliphatic carbocycles. The lowest BCUT2D eigenvalue weighted by Crippen LogP contribution is -2.00. The molecule has 1 aromatic heterocycles. The number of aromatic nitrogens is 1. The lowest BCUT2D eigenvalue weighted by Gasteiger charge is -2.04. The van der Waals surface area contributed by atoms with Gasteiger partial charge in [0.1, 0.15) is 11.6 Å². The predicted octanol–water partition coefficient (Wildman–Crippen LogP) is 2.78. The number of hydrogen-bond acceptors (Lipinski definition) is 4. The van der Waals surface area contributed by atoms with E-state index in [9.17, 15) is 8.78 Å². The summed E-state index contributed by atoms with van der Waals surface area (Å²) in [4.78, 5) is 0. The molecule has 6 heteroatoms. The maximum absolute atomic E-state index is 13.2. The molecule has 0 amide bonds. The standard InChI is InChI=1S/C13H14F2N2O2/c1-2-18-4-3-11-12(13(16)19-17-11)8-5-9(14)7-10(15)6-8/h5-7H,2-4,16H2,1H3. The number of nitrogen functional groups attached to an aromatic ring is 1. The normalized spacial score (nSPS) is 10.9. The van der Waals surface area contributed by atoms with Crippen LogP contribution in [0.2, 0.25) is 0 Å². The molecule has 0 spiro atoms. The second-order valence-electron chi connectivity index (χ2n) is 3.97. The van der Waals surface area contributed by atoms with Crippen molar-refractivity contribution in [2.45, 2.75) is 13.3 Å². The Hall–Kier alpha value is -1.95. The van der Waals surface area contributed by atoms with Crippen molar-refractivity contribution in [2.24, 2.45) is 0 Å². The van der Waals surface area contributed by atoms with Crippen molar-refractivity contribution >= 4 is 5.88 Å². The summed E-state index contributed by atoms with van der Waals surface area (Å²) in [5.41, 5.74) is 6.91. The van der Waals surface area contributed by atoms with Gasteiger partial charge in [0.25, 0.3) is 0 Å². The Labute approximate surface area is 109 Å². The van der Waals surface area contributed by atoms with Crippen molar-refractivity contribution in [1.29, 1.82) is 0 Å². The molecule has 1 aromatic carbocycles. The third kappa shape index (κ3) is 3.08. The van der Waals surface area contributed by atoms with Crippen molar-refractivity contribution in [1.82, 2.24) is 5.16 Å². The van der Waals surface area contributed by atoms with E-state index in [1.807, 2.05) is 6.92 Å². The van der Waals surface area contributed by atoms with E-state index in [-0.39, 0.29) is 5.88 Å². The SMILES string of the molecule is CCOCCc1noc(N)c1-c1cc(F)cc(F)c1. The number of benzene rings is 1. The van der Waals surface area contributed by atoms with Gasteiger partial charge in [0, 0.05) is 19.1 Å². The molecular weight excluding hydrogens is 254 g/mol. The molecule has 4 nitrogen and oxygen atoms in total. The van der Waals surface area contributed by atoms with Crippen LogP contribution >= 0.6 is 0 Å². The molecule has 0 bridgehead atoms. The van der Waals surface area contributed by atoms with Crippen LogP contribution in [-0.2, 0) is 11.2 Å². The summed E-state index contributed by atoms with van der Waals surface area (Å²) in [5.74, 6) is -1.31. The van der Waals surface area contributed by atoms with Crippen molar-refractivity contribution in [2.75, 3.05) is 18.9 Å². The number of nitrogens with zero attached hydrogens (tertiary/aromatic N) is 1. The van der Waals surface area contributed by atoms with Crippen LogP contribution in [-0.4, -0.2) is 18.4 Å². The maximum Gasteiger partial charge on any atom is 0.230 e. The number of halogens is 2. The van der Waals surface area contributed by atoms with Crippen LogP contribution in [0.3, 0.4) is 0 Å². The number of ether oxygens (including phenoxy) is 1. The first kappa shape index (κ1) is 13.5. The molecule has 19 heavy (non-hydrogen) atoms. The first-order valence-corrected chi connectivity index (χ1v) is 5.90. The monoisotopic (exact) mass is 268 g/mol. The third-order valence-electron chi connectivity index (χ3n) is 2.63. The molecule has 0 saturated carbocycles. The van der Waals surface area contributed by atoms with E-state index >= 15 is 0 Å². The molecular formula is C13H14F2N2O2. The maximum atomic E-state index is 13.2. The Morgan fingerprint density at radius 3 is 2.58 bits per heavy atom. The fourth-order valence-electron chi connectivity index (χ4n) is 1.83. The molecule has 0 radical (unpaired) electrons. The minimum atomic E-state index is -0.675. The van der Waals surface area contributed by atoms with Gasteiger partial charge >= 0.3 is 0 Å². The van der Waals surface area contributed by atoms with Gasteiger partial charge in [0.05, 0.1) is 17.9 Å². The van der Waals surface area contributed by atoms with E-state index in [1.54, 1.807) is 0 Å². The Bertz CT molecular complexity index is 550. The van der Waals surface area contributed by atoms with Gasteiger partial charge in [-0.25, -0.2) is 8.78 Å². The van der Waals surface area contributed by atoms with E-state index in [2.05, 4.69) is 5.16 Å². The molecule has 2 rings (SSSR count). The topological polar surface area (TPSA) is 61.3 Å². The van der Waals surface area contributed by atoms with Gasteiger partial charge < -0.3 is 15.0 Å². The van der Waals surface area contributed by atoms with E-state index in [1.165, 1.54) is 12.1 Å². The quantitative estimate of drug-likeness (QED) is 0.847. The Kier molecular flexibility index (Phi) is 4.11. The molecule has 2 N–H and O–H groups in total. The predicted molar refractivity (Wildman–Crippen MR) is 66.5 cm³/mol. The average molecular weight is 268 g/mol. The highest BCUT2D eigenvalue weighted by Crippen LogP contribution is 2.31. The van der Waals surface area contributed by atoms with E-state index in [4.69, 9.17) is 15.0 Å². The third-order valence-corrected chi connectivity index (χ3v) is 2.63. The molecule has 0 atom stereocenters. The molecule has 0 fully saturated rings. The zero-order valence-corrected chi connectivity index (χ0v) is 10.5. The summed E-state index contributed by atoms with van der Waals surface area (Å²) in [7, 11) is 0. The van der Waals surface area contributed by atoms with Crippen molar-refractivity contribution < 1.29 is 18.0 Å². The minimum Gasteiger partial charge on any atom is -0.381 e. The van der Waals surface area contributed by atoms with Gasteiger partial charge in [-0.3, -0.25) is 0 Å². The fourth-order valence-corrected chi connectivity index (χ4v) is 1.83. The van der Waals surface area contributed by atoms with Gasteiger partial charge in [-0.1, -0.05) is 5.16 Å². The van der Waals surface area contributed by atoms with Gasteiger partial charge in [-0.05, 0) is 24.6 Å². The van der Waals surface area contributed by atoms with Gasteiger partial charge in [0.15, 0.2) is 0 Å². The van der Waals surface area contributed by atoms with Crippen LogP contribution in [0.25, 0.3) is 11.1 Å². The van der Waals surface area contributed by atoms with E-state index in [0.29, 0.717) is 36.5 Å². The van der Waals surface area contributed by atoms with Gasteiger partial charge in [-0.2, -0.15) is 0 Å². The van der Waals surface area contributed by atoms with Crippen LogP contribution in [0.1, 0.15) is 12.6 Å². The van der Waals surface area contributed by atoms with Crippen LogP contribution in [0, 0.1) is 11.6 Å².